The third-order valence-corrected chi connectivity index (χ3v) is 2.18. The van der Waals surface area contributed by atoms with Crippen molar-refractivity contribution in [3.05, 3.63) is 48.2 Å². The first-order chi connectivity index (χ1) is 8.15. The molecule has 0 fully saturated rings. The largest absolute Gasteiger partial charge is 0.439 e. The smallest absolute Gasteiger partial charge is 0.222 e. The van der Waals surface area contributed by atoms with Crippen LogP contribution in [0.2, 0.25) is 0 Å². The van der Waals surface area contributed by atoms with Gasteiger partial charge >= 0.3 is 0 Å². The highest BCUT2D eigenvalue weighted by molar-refractivity contribution is 5.27. The first-order valence-corrected chi connectivity index (χ1v) is 5.41. The van der Waals surface area contributed by atoms with Crippen LogP contribution in [-0.2, 0) is 0 Å². The molecule has 88 valence electrons. The minimum absolute atomic E-state index is 0.228. The van der Waals surface area contributed by atoms with Crippen molar-refractivity contribution in [3.8, 4) is 11.6 Å². The van der Waals surface area contributed by atoms with E-state index in [1.165, 1.54) is 12.1 Å². The summed E-state index contributed by atoms with van der Waals surface area (Å²) in [5.41, 5.74) is 0. The molecule has 0 aliphatic rings. The molecule has 2 rings (SSSR count). The van der Waals surface area contributed by atoms with Gasteiger partial charge in [-0.1, -0.05) is 19.9 Å². The number of rotatable bonds is 3. The van der Waals surface area contributed by atoms with Crippen molar-refractivity contribution in [2.75, 3.05) is 0 Å². The molecule has 0 atom stereocenters. The number of aromatic nitrogens is 2. The lowest BCUT2D eigenvalue weighted by atomic mass is 10.2. The molecule has 1 aromatic heterocycles. The van der Waals surface area contributed by atoms with E-state index in [-0.39, 0.29) is 11.7 Å². The number of hydrogen-bond donors (Lipinski definition) is 0. The second-order valence-electron chi connectivity index (χ2n) is 3.97. The molecule has 1 heterocycles. The molecule has 0 aliphatic carbocycles. The van der Waals surface area contributed by atoms with E-state index < -0.39 is 0 Å². The van der Waals surface area contributed by atoms with E-state index in [0.29, 0.717) is 17.5 Å². The summed E-state index contributed by atoms with van der Waals surface area (Å²) >= 11 is 0. The van der Waals surface area contributed by atoms with E-state index in [4.69, 9.17) is 4.74 Å². The third kappa shape index (κ3) is 3.00. The fourth-order valence-corrected chi connectivity index (χ4v) is 1.34. The first kappa shape index (κ1) is 11.5. The summed E-state index contributed by atoms with van der Waals surface area (Å²) in [7, 11) is 0. The van der Waals surface area contributed by atoms with Gasteiger partial charge < -0.3 is 4.74 Å². The molecule has 17 heavy (non-hydrogen) atoms. The van der Waals surface area contributed by atoms with Crippen LogP contribution < -0.4 is 4.74 Å². The topological polar surface area (TPSA) is 35.0 Å². The Morgan fingerprint density at radius 1 is 1.24 bits per heavy atom. The van der Waals surface area contributed by atoms with Gasteiger partial charge in [0.1, 0.15) is 17.4 Å². The Labute approximate surface area is 99.3 Å². The summed E-state index contributed by atoms with van der Waals surface area (Å²) in [6.45, 7) is 4.00. The average molecular weight is 232 g/mol. The highest BCUT2D eigenvalue weighted by Crippen LogP contribution is 2.20. The summed E-state index contributed by atoms with van der Waals surface area (Å²) in [6.07, 6.45) is 1.64. The molecule has 2 aromatic rings. The quantitative estimate of drug-likeness (QED) is 0.812. The average Bonchev–Trinajstić information content (AvgIpc) is 2.29. The fourth-order valence-electron chi connectivity index (χ4n) is 1.34. The van der Waals surface area contributed by atoms with Gasteiger partial charge in [0.05, 0.1) is 0 Å². The van der Waals surface area contributed by atoms with Crippen LogP contribution in [0.3, 0.4) is 0 Å². The van der Waals surface area contributed by atoms with Gasteiger partial charge in [-0.05, 0) is 12.1 Å². The van der Waals surface area contributed by atoms with Crippen LogP contribution in [0, 0.1) is 5.82 Å². The van der Waals surface area contributed by atoms with Gasteiger partial charge in [0.2, 0.25) is 5.88 Å². The SMILES string of the molecule is CC(C)c1nccc(Oc2cccc(F)c2)n1. The molecule has 4 heteroatoms. The minimum atomic E-state index is -0.333. The van der Waals surface area contributed by atoms with E-state index in [0.717, 1.165) is 0 Å². The van der Waals surface area contributed by atoms with Crippen LogP contribution in [0.25, 0.3) is 0 Å². The van der Waals surface area contributed by atoms with E-state index in [2.05, 4.69) is 9.97 Å². The number of halogens is 1. The maximum absolute atomic E-state index is 13.0. The van der Waals surface area contributed by atoms with Crippen molar-refractivity contribution in [1.29, 1.82) is 0 Å². The highest BCUT2D eigenvalue weighted by Gasteiger charge is 2.05. The summed E-state index contributed by atoms with van der Waals surface area (Å²) in [4.78, 5) is 8.37. The molecule has 0 saturated heterocycles. The maximum Gasteiger partial charge on any atom is 0.222 e. The monoisotopic (exact) mass is 232 g/mol. The molecule has 0 N–H and O–H groups in total. The summed E-state index contributed by atoms with van der Waals surface area (Å²) in [5, 5.41) is 0. The lowest BCUT2D eigenvalue weighted by molar-refractivity contribution is 0.452. The molecule has 0 amide bonds. The van der Waals surface area contributed by atoms with Crippen LogP contribution in [-0.4, -0.2) is 9.97 Å². The Balaban J connectivity index is 2.21. The Morgan fingerprint density at radius 2 is 2.06 bits per heavy atom. The maximum atomic E-state index is 13.0. The molecular weight excluding hydrogens is 219 g/mol. The van der Waals surface area contributed by atoms with Gasteiger partial charge in [0, 0.05) is 24.2 Å². The van der Waals surface area contributed by atoms with E-state index in [1.807, 2.05) is 13.8 Å². The number of benzene rings is 1. The predicted octanol–water partition coefficient (Wildman–Crippen LogP) is 3.53. The minimum Gasteiger partial charge on any atom is -0.439 e. The molecule has 0 radical (unpaired) electrons. The Morgan fingerprint density at radius 3 is 2.76 bits per heavy atom. The first-order valence-electron chi connectivity index (χ1n) is 5.41. The van der Waals surface area contributed by atoms with Crippen LogP contribution in [0.4, 0.5) is 4.39 Å². The van der Waals surface area contributed by atoms with Crippen LogP contribution in [0.1, 0.15) is 25.6 Å². The fraction of sp³-hybridized carbons (Fsp3) is 0.231. The van der Waals surface area contributed by atoms with Crippen molar-refractivity contribution in [1.82, 2.24) is 9.97 Å². The van der Waals surface area contributed by atoms with Gasteiger partial charge in [-0.15, -0.1) is 0 Å². The van der Waals surface area contributed by atoms with E-state index in [1.54, 1.807) is 24.4 Å². The molecular formula is C13H13FN2O. The van der Waals surface area contributed by atoms with Gasteiger partial charge in [0.15, 0.2) is 0 Å². The Hall–Kier alpha value is -1.97. The number of hydrogen-bond acceptors (Lipinski definition) is 3. The van der Waals surface area contributed by atoms with E-state index >= 15 is 0 Å². The summed E-state index contributed by atoms with van der Waals surface area (Å²) < 4.78 is 18.4. The van der Waals surface area contributed by atoms with Crippen molar-refractivity contribution >= 4 is 0 Å². The standard InChI is InChI=1S/C13H13FN2O/c1-9(2)13-15-7-6-12(16-13)17-11-5-3-4-10(14)8-11/h3-9H,1-2H3. The Bertz CT molecular complexity index is 514. The molecule has 0 spiro atoms. The van der Waals surface area contributed by atoms with Crippen molar-refractivity contribution in [3.63, 3.8) is 0 Å². The van der Waals surface area contributed by atoms with Crippen molar-refractivity contribution in [2.45, 2.75) is 19.8 Å². The normalized spacial score (nSPS) is 10.6. The number of nitrogens with zero attached hydrogens (tertiary/aromatic N) is 2. The second-order valence-corrected chi connectivity index (χ2v) is 3.97. The third-order valence-electron chi connectivity index (χ3n) is 2.18. The summed E-state index contributed by atoms with van der Waals surface area (Å²) in [6, 6.07) is 7.61. The predicted molar refractivity (Wildman–Crippen MR) is 62.6 cm³/mol. The van der Waals surface area contributed by atoms with Gasteiger partial charge in [-0.3, -0.25) is 0 Å². The number of ether oxygens (including phenoxy) is 1. The Kier molecular flexibility index (Phi) is 3.32. The molecule has 0 aliphatic heterocycles. The van der Waals surface area contributed by atoms with Crippen molar-refractivity contribution < 1.29 is 9.13 Å². The molecule has 0 unspecified atom stereocenters. The lowest BCUT2D eigenvalue weighted by Crippen LogP contribution is -1.98. The zero-order chi connectivity index (χ0) is 12.3. The van der Waals surface area contributed by atoms with Crippen LogP contribution in [0.15, 0.2) is 36.5 Å². The van der Waals surface area contributed by atoms with Crippen molar-refractivity contribution in [2.24, 2.45) is 0 Å². The van der Waals surface area contributed by atoms with Crippen LogP contribution >= 0.6 is 0 Å². The molecule has 1 aromatic carbocycles. The molecule has 0 saturated carbocycles. The van der Waals surface area contributed by atoms with Crippen LogP contribution in [0.5, 0.6) is 11.6 Å². The lowest BCUT2D eigenvalue weighted by Gasteiger charge is -2.07. The van der Waals surface area contributed by atoms with Gasteiger partial charge in [-0.2, -0.15) is 4.98 Å². The van der Waals surface area contributed by atoms with Gasteiger partial charge in [-0.25, -0.2) is 9.37 Å². The highest BCUT2D eigenvalue weighted by atomic mass is 19.1. The van der Waals surface area contributed by atoms with E-state index in [9.17, 15) is 4.39 Å². The zero-order valence-corrected chi connectivity index (χ0v) is 9.72. The summed E-state index contributed by atoms with van der Waals surface area (Å²) in [5.74, 6) is 1.46. The second kappa shape index (κ2) is 4.91. The van der Waals surface area contributed by atoms with Gasteiger partial charge in [0.25, 0.3) is 0 Å². The molecule has 3 nitrogen and oxygen atoms in total. The zero-order valence-electron chi connectivity index (χ0n) is 9.72. The molecule has 0 bridgehead atoms.